The van der Waals surface area contributed by atoms with Crippen LogP contribution in [0.4, 0.5) is 18.9 Å². The molecular weight excluding hydrogens is 417 g/mol. The third-order valence-corrected chi connectivity index (χ3v) is 5.92. The van der Waals surface area contributed by atoms with E-state index >= 15 is 0 Å². The molecule has 0 unspecified atom stereocenters. The van der Waals surface area contributed by atoms with Crippen LogP contribution in [0, 0.1) is 5.92 Å². The van der Waals surface area contributed by atoms with Gasteiger partial charge in [-0.3, -0.25) is 4.79 Å². The van der Waals surface area contributed by atoms with Gasteiger partial charge in [-0.15, -0.1) is 0 Å². The van der Waals surface area contributed by atoms with Crippen molar-refractivity contribution < 1.29 is 26.4 Å². The first kappa shape index (κ1) is 20.6. The largest absolute Gasteiger partial charge is 0.417 e. The zero-order valence-corrected chi connectivity index (χ0v) is 16.0. The van der Waals surface area contributed by atoms with Gasteiger partial charge in [0, 0.05) is 18.2 Å². The molecule has 2 aromatic carbocycles. The Morgan fingerprint density at radius 1 is 1.11 bits per heavy atom. The fraction of sp³-hybridized carbons (Fsp3) is 0.278. The molecule has 28 heavy (non-hydrogen) atoms. The number of nitrogens with one attached hydrogen (secondary N) is 2. The van der Waals surface area contributed by atoms with Crippen molar-refractivity contribution in [1.82, 2.24) is 4.72 Å². The number of carbonyl (C=O) groups is 1. The smallest absolute Gasteiger partial charge is 0.326 e. The van der Waals surface area contributed by atoms with Crippen LogP contribution >= 0.6 is 11.6 Å². The van der Waals surface area contributed by atoms with Crippen molar-refractivity contribution in [2.45, 2.75) is 30.5 Å². The van der Waals surface area contributed by atoms with Crippen molar-refractivity contribution >= 4 is 33.2 Å². The van der Waals surface area contributed by atoms with E-state index in [-0.39, 0.29) is 18.4 Å². The van der Waals surface area contributed by atoms with Gasteiger partial charge >= 0.3 is 6.18 Å². The number of rotatable bonds is 6. The van der Waals surface area contributed by atoms with Crippen molar-refractivity contribution in [2.75, 3.05) is 5.32 Å². The summed E-state index contributed by atoms with van der Waals surface area (Å²) in [6, 6.07) is 8.91. The molecule has 0 atom stereocenters. The molecule has 0 bridgehead atoms. The van der Waals surface area contributed by atoms with E-state index in [4.69, 9.17) is 11.6 Å². The Labute approximate surface area is 164 Å². The van der Waals surface area contributed by atoms with Gasteiger partial charge in [0.05, 0.1) is 15.5 Å². The van der Waals surface area contributed by atoms with E-state index < -0.39 is 31.7 Å². The van der Waals surface area contributed by atoms with Gasteiger partial charge in [0.1, 0.15) is 0 Å². The van der Waals surface area contributed by atoms with Crippen LogP contribution in [0.25, 0.3) is 0 Å². The Kier molecular flexibility index (Phi) is 5.69. The Morgan fingerprint density at radius 2 is 1.75 bits per heavy atom. The summed E-state index contributed by atoms with van der Waals surface area (Å²) in [5.74, 6) is 0.0177. The molecule has 10 heteroatoms. The van der Waals surface area contributed by atoms with Gasteiger partial charge in [0.25, 0.3) is 0 Å². The minimum Gasteiger partial charge on any atom is -0.326 e. The maximum absolute atomic E-state index is 12.9. The molecule has 150 valence electrons. The molecule has 5 nitrogen and oxygen atoms in total. The minimum atomic E-state index is -4.76. The molecule has 0 aliphatic heterocycles. The zero-order chi connectivity index (χ0) is 20.5. The highest BCUT2D eigenvalue weighted by Gasteiger charge is 2.34. The van der Waals surface area contributed by atoms with Gasteiger partial charge in [0.15, 0.2) is 0 Å². The molecule has 0 saturated heterocycles. The lowest BCUT2D eigenvalue weighted by molar-refractivity contribution is -0.137. The lowest BCUT2D eigenvalue weighted by atomic mass is 10.2. The predicted molar refractivity (Wildman–Crippen MR) is 98.3 cm³/mol. The van der Waals surface area contributed by atoms with E-state index in [9.17, 15) is 26.4 Å². The van der Waals surface area contributed by atoms with E-state index in [1.54, 1.807) is 24.3 Å². The number of amides is 1. The molecular formula is C18H16ClF3N2O3S. The van der Waals surface area contributed by atoms with Crippen LogP contribution < -0.4 is 10.0 Å². The van der Waals surface area contributed by atoms with Crippen LogP contribution in [-0.4, -0.2) is 14.3 Å². The molecule has 0 aromatic heterocycles. The highest BCUT2D eigenvalue weighted by atomic mass is 35.5. The molecule has 1 aliphatic rings. The fourth-order valence-corrected chi connectivity index (χ4v) is 3.71. The van der Waals surface area contributed by atoms with Crippen molar-refractivity contribution in [1.29, 1.82) is 0 Å². The number of halogens is 4. The third-order valence-electron chi connectivity index (χ3n) is 4.19. The summed E-state index contributed by atoms with van der Waals surface area (Å²) in [5.41, 5.74) is -0.0400. The van der Waals surface area contributed by atoms with E-state index in [2.05, 4.69) is 10.0 Å². The van der Waals surface area contributed by atoms with Crippen LogP contribution in [0.5, 0.6) is 0 Å². The SMILES string of the molecule is O=C(Nc1ccc(CNS(=O)(=O)c2ccc(Cl)c(C(F)(F)F)c2)cc1)C1CC1. The molecule has 0 heterocycles. The van der Waals surface area contributed by atoms with Gasteiger partial charge in [-0.1, -0.05) is 23.7 Å². The number of anilines is 1. The van der Waals surface area contributed by atoms with Crippen LogP contribution in [0.2, 0.25) is 5.02 Å². The Balaban J connectivity index is 1.67. The second-order valence-electron chi connectivity index (χ2n) is 6.42. The van der Waals surface area contributed by atoms with Gasteiger partial charge < -0.3 is 5.32 Å². The number of hydrogen-bond acceptors (Lipinski definition) is 3. The van der Waals surface area contributed by atoms with E-state index in [0.29, 0.717) is 17.3 Å². The summed E-state index contributed by atoms with van der Waals surface area (Å²) in [6.45, 7) is -0.122. The van der Waals surface area contributed by atoms with E-state index in [0.717, 1.165) is 25.0 Å². The highest BCUT2D eigenvalue weighted by Crippen LogP contribution is 2.36. The average molecular weight is 433 g/mol. The summed E-state index contributed by atoms with van der Waals surface area (Å²) in [7, 11) is -4.17. The molecule has 1 amide bonds. The second kappa shape index (κ2) is 7.73. The normalized spacial score (nSPS) is 14.7. The number of alkyl halides is 3. The van der Waals surface area contributed by atoms with Crippen molar-refractivity contribution in [2.24, 2.45) is 5.92 Å². The number of sulfonamides is 1. The quantitative estimate of drug-likeness (QED) is 0.718. The number of carbonyl (C=O) groups excluding carboxylic acids is 1. The maximum atomic E-state index is 12.9. The average Bonchev–Trinajstić information content (AvgIpc) is 3.45. The fourth-order valence-electron chi connectivity index (χ4n) is 2.45. The maximum Gasteiger partial charge on any atom is 0.417 e. The standard InChI is InChI=1S/C18H16ClF3N2O3S/c19-16-8-7-14(9-15(16)18(20,21)22)28(26,27)23-10-11-1-5-13(6-2-11)24-17(25)12-3-4-12/h1-2,5-9,12,23H,3-4,10H2,(H,24,25). The predicted octanol–water partition coefficient (Wildman–Crippen LogP) is 4.19. The van der Waals surface area contributed by atoms with E-state index in [1.165, 1.54) is 0 Å². The van der Waals surface area contributed by atoms with E-state index in [1.807, 2.05) is 0 Å². The summed E-state index contributed by atoms with van der Waals surface area (Å²) in [5, 5.41) is 2.18. The molecule has 0 spiro atoms. The summed E-state index contributed by atoms with van der Waals surface area (Å²) >= 11 is 5.51. The number of hydrogen-bond donors (Lipinski definition) is 2. The Bertz CT molecular complexity index is 988. The molecule has 1 fully saturated rings. The summed E-state index contributed by atoms with van der Waals surface area (Å²) < 4.78 is 65.6. The summed E-state index contributed by atoms with van der Waals surface area (Å²) in [4.78, 5) is 11.2. The van der Waals surface area contributed by atoms with Crippen molar-refractivity contribution in [3.8, 4) is 0 Å². The Morgan fingerprint density at radius 3 is 2.32 bits per heavy atom. The molecule has 1 saturated carbocycles. The molecule has 2 aromatic rings. The van der Waals surface area contributed by atoms with Crippen LogP contribution in [-0.2, 0) is 27.5 Å². The molecule has 0 radical (unpaired) electrons. The second-order valence-corrected chi connectivity index (χ2v) is 8.60. The number of benzene rings is 2. The van der Waals surface area contributed by atoms with Gasteiger partial charge in [-0.25, -0.2) is 13.1 Å². The molecule has 1 aliphatic carbocycles. The minimum absolute atomic E-state index is 0.0448. The highest BCUT2D eigenvalue weighted by molar-refractivity contribution is 7.89. The first-order valence-electron chi connectivity index (χ1n) is 8.32. The molecule has 3 rings (SSSR count). The summed E-state index contributed by atoms with van der Waals surface area (Å²) in [6.07, 6.45) is -3.00. The van der Waals surface area contributed by atoms with Crippen LogP contribution in [0.1, 0.15) is 24.0 Å². The van der Waals surface area contributed by atoms with Crippen molar-refractivity contribution in [3.63, 3.8) is 0 Å². The van der Waals surface area contributed by atoms with Gasteiger partial charge in [-0.2, -0.15) is 13.2 Å². The van der Waals surface area contributed by atoms with Crippen LogP contribution in [0.3, 0.4) is 0 Å². The zero-order valence-electron chi connectivity index (χ0n) is 14.4. The topological polar surface area (TPSA) is 75.3 Å². The lowest BCUT2D eigenvalue weighted by Gasteiger charge is -2.12. The van der Waals surface area contributed by atoms with Crippen molar-refractivity contribution in [3.05, 3.63) is 58.6 Å². The van der Waals surface area contributed by atoms with Gasteiger partial charge in [-0.05, 0) is 48.7 Å². The first-order valence-corrected chi connectivity index (χ1v) is 10.2. The Hall–Kier alpha value is -2.10. The molecule has 2 N–H and O–H groups in total. The van der Waals surface area contributed by atoms with Gasteiger partial charge in [0.2, 0.25) is 15.9 Å². The lowest BCUT2D eigenvalue weighted by Crippen LogP contribution is -2.23. The monoisotopic (exact) mass is 432 g/mol. The van der Waals surface area contributed by atoms with Crippen LogP contribution in [0.15, 0.2) is 47.4 Å². The first-order chi connectivity index (χ1) is 13.1. The third kappa shape index (κ3) is 5.03.